The van der Waals surface area contributed by atoms with Gasteiger partial charge in [0.05, 0.1) is 18.1 Å². The van der Waals surface area contributed by atoms with E-state index < -0.39 is 24.2 Å². The van der Waals surface area contributed by atoms with Crippen molar-refractivity contribution in [1.82, 2.24) is 9.80 Å². The van der Waals surface area contributed by atoms with E-state index in [1.54, 1.807) is 0 Å². The van der Waals surface area contributed by atoms with E-state index in [1.807, 2.05) is 18.4 Å². The van der Waals surface area contributed by atoms with E-state index in [4.69, 9.17) is 14.6 Å². The minimum atomic E-state index is -5.08. The predicted molar refractivity (Wildman–Crippen MR) is 101 cm³/mol. The molecule has 2 saturated heterocycles. The molecule has 0 bridgehead atoms. The molecule has 2 aliphatic rings. The summed E-state index contributed by atoms with van der Waals surface area (Å²) in [5.41, 5.74) is 0.916. The zero-order chi connectivity index (χ0) is 22.5. The number of hydrogen-bond donors (Lipinski definition) is 2. The highest BCUT2D eigenvalue weighted by Crippen LogP contribution is 2.27. The lowest BCUT2D eigenvalue weighted by molar-refractivity contribution is -0.192. The van der Waals surface area contributed by atoms with Gasteiger partial charge in [0.15, 0.2) is 0 Å². The Bertz CT molecular complexity index is 763. The molecule has 2 N–H and O–H groups in total. The van der Waals surface area contributed by atoms with Gasteiger partial charge in [-0.25, -0.2) is 9.59 Å². The summed E-state index contributed by atoms with van der Waals surface area (Å²) in [6.07, 6.45) is -3.77. The van der Waals surface area contributed by atoms with Gasteiger partial charge in [-0.3, -0.25) is 9.69 Å². The maximum absolute atomic E-state index is 12.7. The lowest BCUT2D eigenvalue weighted by Crippen LogP contribution is -2.56. The number of carbonyl (C=O) groups is 3. The second-order valence-corrected chi connectivity index (χ2v) is 7.83. The summed E-state index contributed by atoms with van der Waals surface area (Å²) in [6.45, 7) is 5.47. The van der Waals surface area contributed by atoms with Crippen LogP contribution in [0.2, 0.25) is 0 Å². The first-order valence-electron chi connectivity index (χ1n) is 9.22. The van der Waals surface area contributed by atoms with Crippen molar-refractivity contribution >= 4 is 29.2 Å². The zero-order valence-corrected chi connectivity index (χ0v) is 17.0. The number of carboxylic acid groups (broad SMARTS) is 2. The van der Waals surface area contributed by atoms with Gasteiger partial charge in [0, 0.05) is 25.7 Å². The molecule has 12 heteroatoms. The Morgan fingerprint density at radius 3 is 2.23 bits per heavy atom. The topological polar surface area (TPSA) is 107 Å². The van der Waals surface area contributed by atoms with Crippen LogP contribution in [0.3, 0.4) is 0 Å². The summed E-state index contributed by atoms with van der Waals surface area (Å²) >= 11 is 1.38. The Hall–Kier alpha value is -2.18. The van der Waals surface area contributed by atoms with Crippen LogP contribution < -0.4 is 0 Å². The Labute approximate surface area is 174 Å². The number of rotatable bonds is 3. The Kier molecular flexibility index (Phi) is 8.21. The van der Waals surface area contributed by atoms with Gasteiger partial charge >= 0.3 is 18.1 Å². The number of amides is 1. The monoisotopic (exact) mass is 452 g/mol. The third-order valence-corrected chi connectivity index (χ3v) is 5.99. The number of hydrogen-bond acceptors (Lipinski definition) is 6. The molecule has 0 aromatic carbocycles. The first kappa shape index (κ1) is 24.1. The van der Waals surface area contributed by atoms with E-state index in [0.717, 1.165) is 25.1 Å². The van der Waals surface area contributed by atoms with Crippen molar-refractivity contribution in [2.75, 3.05) is 32.8 Å². The third-order valence-electron chi connectivity index (χ3n) is 4.98. The van der Waals surface area contributed by atoms with Crippen LogP contribution in [0.25, 0.3) is 0 Å². The molecule has 1 aromatic rings. The fraction of sp³-hybridized carbons (Fsp3) is 0.611. The normalized spacial score (nSPS) is 22.7. The first-order valence-corrected chi connectivity index (χ1v) is 10.1. The van der Waals surface area contributed by atoms with Crippen LogP contribution in [0.4, 0.5) is 13.2 Å². The number of aryl methyl sites for hydroxylation is 1. The molecule has 2 fully saturated rings. The highest BCUT2D eigenvalue weighted by molar-refractivity contribution is 7.12. The standard InChI is InChI=1S/C16H22N2O4S.C2HF3O2/c1-11-3-9-23-14(11)15(19)18-4-2-12(10-13(18)16(20)21)17-5-7-22-8-6-17;3-2(4,5)1(6)7/h3,9,12-13H,2,4-8,10H2,1H3,(H,20,21);(H,6,7). The molecule has 1 aromatic heterocycles. The molecule has 0 spiro atoms. The second-order valence-electron chi connectivity index (χ2n) is 6.91. The van der Waals surface area contributed by atoms with Gasteiger partial charge in [-0.05, 0) is 36.8 Å². The molecule has 30 heavy (non-hydrogen) atoms. The van der Waals surface area contributed by atoms with Crippen LogP contribution in [0.5, 0.6) is 0 Å². The van der Waals surface area contributed by atoms with E-state index in [1.165, 1.54) is 16.2 Å². The summed E-state index contributed by atoms with van der Waals surface area (Å²) < 4.78 is 37.1. The van der Waals surface area contributed by atoms with Gasteiger partial charge < -0.3 is 19.8 Å². The average molecular weight is 452 g/mol. The Balaban J connectivity index is 0.000000396. The summed E-state index contributed by atoms with van der Waals surface area (Å²) in [6, 6.07) is 1.37. The van der Waals surface area contributed by atoms with E-state index in [2.05, 4.69) is 4.90 Å². The molecule has 1 amide bonds. The summed E-state index contributed by atoms with van der Waals surface area (Å²) in [7, 11) is 0. The van der Waals surface area contributed by atoms with Gasteiger partial charge in [-0.15, -0.1) is 11.3 Å². The Morgan fingerprint density at radius 1 is 1.17 bits per heavy atom. The zero-order valence-electron chi connectivity index (χ0n) is 16.2. The molecule has 2 aliphatic heterocycles. The fourth-order valence-corrected chi connectivity index (χ4v) is 4.30. The molecule has 2 atom stereocenters. The molecule has 8 nitrogen and oxygen atoms in total. The van der Waals surface area contributed by atoms with Gasteiger partial charge in [-0.2, -0.15) is 13.2 Å². The Morgan fingerprint density at radius 2 is 1.77 bits per heavy atom. The molecule has 168 valence electrons. The number of morpholine rings is 1. The molecule has 2 unspecified atom stereocenters. The van der Waals surface area contributed by atoms with Crippen molar-refractivity contribution in [3.63, 3.8) is 0 Å². The molecular weight excluding hydrogens is 429 g/mol. The predicted octanol–water partition coefficient (Wildman–Crippen LogP) is 2.08. The van der Waals surface area contributed by atoms with E-state index in [0.29, 0.717) is 31.1 Å². The third kappa shape index (κ3) is 6.16. The van der Waals surface area contributed by atoms with Gasteiger partial charge in [0.1, 0.15) is 6.04 Å². The lowest BCUT2D eigenvalue weighted by Gasteiger charge is -2.42. The second kappa shape index (κ2) is 10.2. The number of likely N-dealkylation sites (tertiary alicyclic amines) is 1. The van der Waals surface area contributed by atoms with Crippen molar-refractivity contribution in [3.8, 4) is 0 Å². The summed E-state index contributed by atoms with van der Waals surface area (Å²) in [5, 5.41) is 18.6. The van der Waals surface area contributed by atoms with Crippen LogP contribution >= 0.6 is 11.3 Å². The van der Waals surface area contributed by atoms with Crippen molar-refractivity contribution < 1.29 is 42.5 Å². The van der Waals surface area contributed by atoms with Crippen LogP contribution in [-0.4, -0.2) is 89.0 Å². The maximum Gasteiger partial charge on any atom is 0.490 e. The van der Waals surface area contributed by atoms with Gasteiger partial charge in [-0.1, -0.05) is 0 Å². The summed E-state index contributed by atoms with van der Waals surface area (Å²) in [4.78, 5) is 37.8. The van der Waals surface area contributed by atoms with Gasteiger partial charge in [0.2, 0.25) is 0 Å². The number of thiophene rings is 1. The van der Waals surface area contributed by atoms with Crippen molar-refractivity contribution in [3.05, 3.63) is 21.9 Å². The van der Waals surface area contributed by atoms with E-state index >= 15 is 0 Å². The van der Waals surface area contributed by atoms with Crippen LogP contribution in [-0.2, 0) is 14.3 Å². The number of nitrogens with zero attached hydrogens (tertiary/aromatic N) is 2. The smallest absolute Gasteiger partial charge is 0.480 e. The average Bonchev–Trinajstić information content (AvgIpc) is 3.13. The number of carbonyl (C=O) groups excluding carboxylic acids is 1. The molecule has 3 heterocycles. The maximum atomic E-state index is 12.7. The van der Waals surface area contributed by atoms with E-state index in [9.17, 15) is 27.9 Å². The lowest BCUT2D eigenvalue weighted by atomic mass is 9.95. The molecule has 0 aliphatic carbocycles. The van der Waals surface area contributed by atoms with Crippen molar-refractivity contribution in [2.45, 2.75) is 38.0 Å². The highest BCUT2D eigenvalue weighted by atomic mass is 32.1. The summed E-state index contributed by atoms with van der Waals surface area (Å²) in [5.74, 6) is -3.82. The van der Waals surface area contributed by atoms with E-state index in [-0.39, 0.29) is 11.9 Å². The number of halogens is 3. The first-order chi connectivity index (χ1) is 14.0. The number of ether oxygens (including phenoxy) is 1. The SMILES string of the molecule is Cc1ccsc1C(=O)N1CCC(N2CCOCC2)CC1C(=O)O.O=C(O)C(F)(F)F. The van der Waals surface area contributed by atoms with Crippen LogP contribution in [0.15, 0.2) is 11.4 Å². The van der Waals surface area contributed by atoms with Crippen molar-refractivity contribution in [1.29, 1.82) is 0 Å². The van der Waals surface area contributed by atoms with Crippen LogP contribution in [0.1, 0.15) is 28.1 Å². The molecular formula is C18H23F3N2O6S. The van der Waals surface area contributed by atoms with Gasteiger partial charge in [0.25, 0.3) is 5.91 Å². The minimum Gasteiger partial charge on any atom is -0.480 e. The van der Waals surface area contributed by atoms with Crippen LogP contribution in [0, 0.1) is 6.92 Å². The fourth-order valence-electron chi connectivity index (χ4n) is 3.42. The van der Waals surface area contributed by atoms with Crippen molar-refractivity contribution in [2.24, 2.45) is 0 Å². The molecule has 3 rings (SSSR count). The highest BCUT2D eigenvalue weighted by Gasteiger charge is 2.39. The number of piperidine rings is 1. The number of carboxylic acids is 2. The number of alkyl halides is 3. The largest absolute Gasteiger partial charge is 0.490 e. The quantitative estimate of drug-likeness (QED) is 0.723. The minimum absolute atomic E-state index is 0.148. The molecule has 0 radical (unpaired) electrons. The number of aliphatic carboxylic acids is 2. The molecule has 0 saturated carbocycles.